The van der Waals surface area contributed by atoms with E-state index in [1.54, 1.807) is 24.3 Å². The Morgan fingerprint density at radius 1 is 1.09 bits per heavy atom. The molecule has 1 amide bonds. The molecule has 0 saturated carbocycles. The van der Waals surface area contributed by atoms with E-state index >= 15 is 0 Å². The van der Waals surface area contributed by atoms with Crippen LogP contribution in [-0.2, 0) is 23.1 Å². The van der Waals surface area contributed by atoms with Crippen molar-refractivity contribution in [1.29, 1.82) is 0 Å². The quantitative estimate of drug-likeness (QED) is 0.520. The van der Waals surface area contributed by atoms with Crippen molar-refractivity contribution in [3.8, 4) is 0 Å². The molecule has 0 spiro atoms. The van der Waals surface area contributed by atoms with Crippen molar-refractivity contribution in [1.82, 2.24) is 19.2 Å². The second kappa shape index (κ2) is 9.52. The first kappa shape index (κ1) is 24.7. The summed E-state index contributed by atoms with van der Waals surface area (Å²) < 4.78 is 28.3. The molecule has 8 nitrogen and oxygen atoms in total. The van der Waals surface area contributed by atoms with Gasteiger partial charge in [-0.15, -0.1) is 0 Å². The average molecular weight is 472 g/mol. The molecule has 0 unspecified atom stereocenters. The lowest BCUT2D eigenvalue weighted by molar-refractivity contribution is 0.0919. The number of sulfonamides is 1. The zero-order chi connectivity index (χ0) is 24.4. The second-order valence-corrected chi connectivity index (χ2v) is 11.4. The van der Waals surface area contributed by atoms with Gasteiger partial charge in [-0.25, -0.2) is 17.7 Å². The molecular weight excluding hydrogens is 438 g/mol. The summed E-state index contributed by atoms with van der Waals surface area (Å²) >= 11 is 0. The average Bonchev–Trinajstić information content (AvgIpc) is 3.08. The Morgan fingerprint density at radius 2 is 1.76 bits per heavy atom. The summed E-state index contributed by atoms with van der Waals surface area (Å²) in [6, 6.07) is 12.4. The molecule has 0 atom stereocenters. The smallest absolute Gasteiger partial charge is 0.251 e. The van der Waals surface area contributed by atoms with Crippen LogP contribution >= 0.6 is 0 Å². The first-order chi connectivity index (χ1) is 15.4. The van der Waals surface area contributed by atoms with Crippen LogP contribution in [0.4, 0.5) is 5.69 Å². The highest BCUT2D eigenvalue weighted by molar-refractivity contribution is 7.89. The van der Waals surface area contributed by atoms with E-state index in [9.17, 15) is 13.2 Å². The number of nitrogens with one attached hydrogen (secondary N) is 2. The van der Waals surface area contributed by atoms with Gasteiger partial charge in [0, 0.05) is 37.4 Å². The SMILES string of the molecule is CCCn1c(CNc2ccc(C(=O)NC(C)(C)C)cc2)nc2cc(S(=O)(=O)N(C)C)ccc21. The predicted octanol–water partition coefficient (Wildman–Crippen LogP) is 3.84. The van der Waals surface area contributed by atoms with Gasteiger partial charge in [-0.2, -0.15) is 0 Å². The van der Waals surface area contributed by atoms with Crippen LogP contribution in [0, 0.1) is 0 Å². The van der Waals surface area contributed by atoms with Crippen molar-refractivity contribution >= 4 is 32.7 Å². The lowest BCUT2D eigenvalue weighted by atomic mass is 10.1. The van der Waals surface area contributed by atoms with Crippen LogP contribution in [0.25, 0.3) is 11.0 Å². The monoisotopic (exact) mass is 471 g/mol. The Kier molecular flexibility index (Phi) is 7.14. The fourth-order valence-corrected chi connectivity index (χ4v) is 4.39. The van der Waals surface area contributed by atoms with Gasteiger partial charge >= 0.3 is 0 Å². The number of hydrogen-bond donors (Lipinski definition) is 2. The fraction of sp³-hybridized carbons (Fsp3) is 0.417. The van der Waals surface area contributed by atoms with Gasteiger partial charge in [-0.1, -0.05) is 6.92 Å². The summed E-state index contributed by atoms with van der Waals surface area (Å²) in [7, 11) is -0.494. The standard InChI is InChI=1S/C24H33N5O3S/c1-7-14-29-21-13-12-19(33(31,32)28(5)6)15-20(21)26-22(29)16-25-18-10-8-17(9-11-18)23(30)27-24(2,3)4/h8-13,15,25H,7,14,16H2,1-6H3,(H,27,30). The lowest BCUT2D eigenvalue weighted by Crippen LogP contribution is -2.40. The first-order valence-electron chi connectivity index (χ1n) is 11.0. The normalized spacial score (nSPS) is 12.3. The van der Waals surface area contributed by atoms with Gasteiger partial charge in [0.05, 0.1) is 22.5 Å². The lowest BCUT2D eigenvalue weighted by Gasteiger charge is -2.20. The molecule has 2 N–H and O–H groups in total. The summed E-state index contributed by atoms with van der Waals surface area (Å²) in [6.07, 6.45) is 0.924. The fourth-order valence-electron chi connectivity index (χ4n) is 3.47. The zero-order valence-electron chi connectivity index (χ0n) is 20.1. The molecule has 0 radical (unpaired) electrons. The van der Waals surface area contributed by atoms with Crippen molar-refractivity contribution in [2.45, 2.75) is 57.6 Å². The highest BCUT2D eigenvalue weighted by Gasteiger charge is 2.20. The van der Waals surface area contributed by atoms with Crippen LogP contribution in [0.3, 0.4) is 0 Å². The number of fused-ring (bicyclic) bond motifs is 1. The van der Waals surface area contributed by atoms with Crippen LogP contribution in [-0.4, -0.2) is 47.8 Å². The molecule has 2 aromatic carbocycles. The van der Waals surface area contributed by atoms with Gasteiger partial charge in [0.2, 0.25) is 10.0 Å². The summed E-state index contributed by atoms with van der Waals surface area (Å²) in [5, 5.41) is 6.31. The number of carbonyl (C=O) groups is 1. The molecule has 0 aliphatic rings. The van der Waals surface area contributed by atoms with Crippen LogP contribution in [0.2, 0.25) is 0 Å². The van der Waals surface area contributed by atoms with Crippen LogP contribution in [0.15, 0.2) is 47.4 Å². The molecule has 3 rings (SSSR count). The number of nitrogens with zero attached hydrogens (tertiary/aromatic N) is 3. The molecule has 1 aromatic heterocycles. The number of aryl methyl sites for hydroxylation is 1. The largest absolute Gasteiger partial charge is 0.378 e. The Balaban J connectivity index is 1.82. The van der Waals surface area contributed by atoms with E-state index in [4.69, 9.17) is 4.98 Å². The van der Waals surface area contributed by atoms with E-state index in [0.29, 0.717) is 17.6 Å². The van der Waals surface area contributed by atoms with E-state index in [2.05, 4.69) is 22.1 Å². The van der Waals surface area contributed by atoms with Gasteiger partial charge in [0.25, 0.3) is 5.91 Å². The minimum Gasteiger partial charge on any atom is -0.378 e. The molecular formula is C24H33N5O3S. The second-order valence-electron chi connectivity index (χ2n) is 9.25. The van der Waals surface area contributed by atoms with Gasteiger partial charge < -0.3 is 15.2 Å². The van der Waals surface area contributed by atoms with Crippen LogP contribution in [0.1, 0.15) is 50.3 Å². The molecule has 178 valence electrons. The number of anilines is 1. The number of amides is 1. The van der Waals surface area contributed by atoms with E-state index in [0.717, 1.165) is 30.0 Å². The molecule has 0 aliphatic heterocycles. The third-order valence-corrected chi connectivity index (χ3v) is 6.92. The maximum Gasteiger partial charge on any atom is 0.251 e. The molecule has 33 heavy (non-hydrogen) atoms. The summed E-state index contributed by atoms with van der Waals surface area (Å²) in [6.45, 7) is 9.18. The predicted molar refractivity (Wildman–Crippen MR) is 132 cm³/mol. The maximum atomic E-state index is 12.5. The molecule has 1 heterocycles. The minimum absolute atomic E-state index is 0.109. The van der Waals surface area contributed by atoms with Crippen molar-refractivity contribution in [3.63, 3.8) is 0 Å². The highest BCUT2D eigenvalue weighted by Crippen LogP contribution is 2.23. The van der Waals surface area contributed by atoms with Crippen molar-refractivity contribution < 1.29 is 13.2 Å². The number of imidazole rings is 1. The number of aromatic nitrogens is 2. The Bertz CT molecular complexity index is 1240. The van der Waals surface area contributed by atoms with E-state index in [1.165, 1.54) is 18.4 Å². The molecule has 9 heteroatoms. The van der Waals surface area contributed by atoms with Gasteiger partial charge in [-0.3, -0.25) is 4.79 Å². The minimum atomic E-state index is -3.53. The Morgan fingerprint density at radius 3 is 2.33 bits per heavy atom. The molecule has 0 bridgehead atoms. The van der Waals surface area contributed by atoms with Crippen molar-refractivity contribution in [2.24, 2.45) is 0 Å². The van der Waals surface area contributed by atoms with Gasteiger partial charge in [0.15, 0.2) is 0 Å². The summed E-state index contributed by atoms with van der Waals surface area (Å²) in [5.41, 5.74) is 2.73. The third-order valence-electron chi connectivity index (χ3n) is 5.11. The van der Waals surface area contributed by atoms with Crippen LogP contribution in [0.5, 0.6) is 0 Å². The first-order valence-corrected chi connectivity index (χ1v) is 12.4. The van der Waals surface area contributed by atoms with Gasteiger partial charge in [0.1, 0.15) is 5.82 Å². The van der Waals surface area contributed by atoms with Crippen LogP contribution < -0.4 is 10.6 Å². The van der Waals surface area contributed by atoms with Gasteiger partial charge in [-0.05, 0) is 69.7 Å². The molecule has 0 fully saturated rings. The maximum absolute atomic E-state index is 12.5. The highest BCUT2D eigenvalue weighted by atomic mass is 32.2. The summed E-state index contributed by atoms with van der Waals surface area (Å²) in [5.74, 6) is 0.711. The number of carbonyl (C=O) groups excluding carboxylic acids is 1. The Labute approximate surface area is 196 Å². The molecule has 0 aliphatic carbocycles. The number of hydrogen-bond acceptors (Lipinski definition) is 5. The molecule has 0 saturated heterocycles. The molecule has 3 aromatic rings. The number of benzene rings is 2. The van der Waals surface area contributed by atoms with Crippen molar-refractivity contribution in [3.05, 3.63) is 53.9 Å². The van der Waals surface area contributed by atoms with E-state index in [-0.39, 0.29) is 16.3 Å². The summed E-state index contributed by atoms with van der Waals surface area (Å²) in [4.78, 5) is 17.3. The van der Waals surface area contributed by atoms with E-state index < -0.39 is 10.0 Å². The zero-order valence-corrected chi connectivity index (χ0v) is 21.0. The number of rotatable bonds is 8. The third kappa shape index (κ3) is 5.72. The van der Waals surface area contributed by atoms with E-state index in [1.807, 2.05) is 39.0 Å². The topological polar surface area (TPSA) is 96.3 Å². The van der Waals surface area contributed by atoms with Crippen molar-refractivity contribution in [2.75, 3.05) is 19.4 Å². The Hall–Kier alpha value is -2.91.